The summed E-state index contributed by atoms with van der Waals surface area (Å²) in [5.41, 5.74) is 1.04. The van der Waals surface area contributed by atoms with Crippen molar-refractivity contribution < 1.29 is 4.74 Å². The summed E-state index contributed by atoms with van der Waals surface area (Å²) < 4.78 is 5.68. The highest BCUT2D eigenvalue weighted by Gasteiger charge is 2.35. The lowest BCUT2D eigenvalue weighted by atomic mass is 9.92. The molecular weight excluding hydrogens is 215 g/mol. The molecule has 1 heterocycles. The number of hydrogen-bond acceptors (Lipinski definition) is 1. The molecule has 2 rings (SSSR count). The molecule has 0 N–H and O–H groups in total. The van der Waals surface area contributed by atoms with Crippen molar-refractivity contribution in [3.8, 4) is 0 Å². The molecule has 0 aliphatic carbocycles. The third-order valence-corrected chi connectivity index (χ3v) is 6.52. The van der Waals surface area contributed by atoms with Crippen LogP contribution in [0.25, 0.3) is 0 Å². The minimum absolute atomic E-state index is 0.0433. The third kappa shape index (κ3) is 2.64. The van der Waals surface area contributed by atoms with Crippen LogP contribution >= 0.6 is 7.92 Å². The first-order valence-corrected chi connectivity index (χ1v) is 7.58. The second-order valence-electron chi connectivity index (χ2n) is 5.49. The molecule has 0 aromatic heterocycles. The average Bonchev–Trinajstić information content (AvgIpc) is 2.29. The first-order chi connectivity index (χ1) is 7.59. The van der Waals surface area contributed by atoms with Crippen LogP contribution in [-0.2, 0) is 4.74 Å². The minimum atomic E-state index is -0.0433. The molecule has 0 unspecified atom stereocenters. The molecule has 1 aromatic carbocycles. The fraction of sp³-hybridized carbons (Fsp3) is 0.571. The van der Waals surface area contributed by atoms with Crippen LogP contribution < -0.4 is 5.30 Å². The molecular formula is C14H21OP. The van der Waals surface area contributed by atoms with Gasteiger partial charge in [-0.1, -0.05) is 59.0 Å². The number of rotatable bonds is 1. The third-order valence-electron chi connectivity index (χ3n) is 3.22. The van der Waals surface area contributed by atoms with E-state index in [2.05, 4.69) is 51.1 Å². The van der Waals surface area contributed by atoms with E-state index in [1.54, 1.807) is 5.30 Å². The summed E-state index contributed by atoms with van der Waals surface area (Å²) >= 11 is 0. The van der Waals surface area contributed by atoms with E-state index in [0.29, 0.717) is 11.1 Å². The highest BCUT2D eigenvalue weighted by Crippen LogP contribution is 2.50. The Morgan fingerprint density at radius 2 is 1.88 bits per heavy atom. The van der Waals surface area contributed by atoms with Gasteiger partial charge in [-0.15, -0.1) is 0 Å². The summed E-state index contributed by atoms with van der Waals surface area (Å²) in [4.78, 5) is 0. The van der Waals surface area contributed by atoms with Crippen LogP contribution in [0.4, 0.5) is 0 Å². The molecule has 2 atom stereocenters. The molecule has 2 heteroatoms. The van der Waals surface area contributed by atoms with Gasteiger partial charge in [-0.25, -0.2) is 0 Å². The van der Waals surface area contributed by atoms with Crippen molar-refractivity contribution in [2.24, 2.45) is 5.41 Å². The quantitative estimate of drug-likeness (QED) is 0.680. The molecule has 1 aromatic rings. The SMILES string of the molecule is CC(C)(C)[C@H]1COCC[P@]1c1ccccc1. The molecule has 0 amide bonds. The Kier molecular flexibility index (Phi) is 3.66. The van der Waals surface area contributed by atoms with Gasteiger partial charge < -0.3 is 4.74 Å². The van der Waals surface area contributed by atoms with Gasteiger partial charge in [-0.2, -0.15) is 0 Å². The maximum atomic E-state index is 5.68. The first-order valence-electron chi connectivity index (χ1n) is 5.98. The Balaban J connectivity index is 2.24. The van der Waals surface area contributed by atoms with Gasteiger partial charge >= 0.3 is 0 Å². The van der Waals surface area contributed by atoms with Crippen LogP contribution in [0.15, 0.2) is 30.3 Å². The lowest BCUT2D eigenvalue weighted by molar-refractivity contribution is 0.114. The lowest BCUT2D eigenvalue weighted by Crippen LogP contribution is -2.37. The number of ether oxygens (including phenoxy) is 1. The van der Waals surface area contributed by atoms with Gasteiger partial charge in [0.05, 0.1) is 13.2 Å². The maximum Gasteiger partial charge on any atom is 0.0541 e. The van der Waals surface area contributed by atoms with E-state index in [9.17, 15) is 0 Å². The molecule has 1 aliphatic heterocycles. The van der Waals surface area contributed by atoms with Gasteiger partial charge in [-0.05, 0) is 16.9 Å². The summed E-state index contributed by atoms with van der Waals surface area (Å²) in [6.45, 7) is 8.89. The zero-order chi connectivity index (χ0) is 11.6. The Morgan fingerprint density at radius 1 is 1.19 bits per heavy atom. The van der Waals surface area contributed by atoms with Gasteiger partial charge in [0.15, 0.2) is 0 Å². The highest BCUT2D eigenvalue weighted by molar-refractivity contribution is 7.66. The molecule has 0 bridgehead atoms. The molecule has 1 saturated heterocycles. The van der Waals surface area contributed by atoms with Crippen molar-refractivity contribution in [2.75, 3.05) is 19.4 Å². The van der Waals surface area contributed by atoms with Gasteiger partial charge in [-0.3, -0.25) is 0 Å². The normalized spacial score (nSPS) is 26.7. The van der Waals surface area contributed by atoms with Crippen molar-refractivity contribution in [3.63, 3.8) is 0 Å². The Hall–Kier alpha value is -0.390. The second-order valence-corrected chi connectivity index (χ2v) is 8.01. The first kappa shape index (κ1) is 12.1. The van der Waals surface area contributed by atoms with E-state index in [1.165, 1.54) is 6.16 Å². The Morgan fingerprint density at radius 3 is 2.50 bits per heavy atom. The van der Waals surface area contributed by atoms with Crippen molar-refractivity contribution in [1.82, 2.24) is 0 Å². The minimum Gasteiger partial charge on any atom is -0.380 e. The standard InChI is InChI=1S/C14H21OP/c1-14(2,3)13-11-15-9-10-16(13)12-7-5-4-6-8-12/h4-8,13H,9-11H2,1-3H3/t13-,16-/m1/s1. The molecule has 1 nitrogen and oxygen atoms in total. The molecule has 0 saturated carbocycles. The van der Waals surface area contributed by atoms with Gasteiger partial charge in [0.2, 0.25) is 0 Å². The summed E-state index contributed by atoms with van der Waals surface area (Å²) in [7, 11) is -0.0433. The molecule has 1 aliphatic rings. The number of benzene rings is 1. The fourth-order valence-electron chi connectivity index (χ4n) is 2.25. The van der Waals surface area contributed by atoms with Crippen molar-refractivity contribution in [1.29, 1.82) is 0 Å². The summed E-state index contributed by atoms with van der Waals surface area (Å²) in [5, 5.41) is 1.54. The van der Waals surface area contributed by atoms with Crippen LogP contribution in [0.3, 0.4) is 0 Å². The van der Waals surface area contributed by atoms with Crippen molar-refractivity contribution >= 4 is 13.2 Å². The smallest absolute Gasteiger partial charge is 0.0541 e. The van der Waals surface area contributed by atoms with Crippen LogP contribution in [0, 0.1) is 5.41 Å². The summed E-state index contributed by atoms with van der Waals surface area (Å²) in [6, 6.07) is 11.0. The monoisotopic (exact) mass is 236 g/mol. The largest absolute Gasteiger partial charge is 0.380 e. The topological polar surface area (TPSA) is 9.23 Å². The molecule has 88 valence electrons. The van der Waals surface area contributed by atoms with Crippen LogP contribution in [0.5, 0.6) is 0 Å². The van der Waals surface area contributed by atoms with E-state index in [1.807, 2.05) is 0 Å². The second kappa shape index (κ2) is 4.85. The Bertz CT molecular complexity index is 328. The predicted octanol–water partition coefficient (Wildman–Crippen LogP) is 3.24. The highest BCUT2D eigenvalue weighted by atomic mass is 31.1. The molecule has 1 fully saturated rings. The van der Waals surface area contributed by atoms with E-state index < -0.39 is 0 Å². The molecule has 0 spiro atoms. The Labute approximate surface area is 100.0 Å². The van der Waals surface area contributed by atoms with Crippen molar-refractivity contribution in [2.45, 2.75) is 26.4 Å². The predicted molar refractivity (Wildman–Crippen MR) is 71.9 cm³/mol. The van der Waals surface area contributed by atoms with E-state index in [0.717, 1.165) is 13.2 Å². The molecule has 0 radical (unpaired) electrons. The zero-order valence-electron chi connectivity index (χ0n) is 10.4. The summed E-state index contributed by atoms with van der Waals surface area (Å²) in [5.74, 6) is 0. The van der Waals surface area contributed by atoms with Crippen molar-refractivity contribution in [3.05, 3.63) is 30.3 Å². The van der Waals surface area contributed by atoms with Crippen LogP contribution in [0.1, 0.15) is 20.8 Å². The average molecular weight is 236 g/mol. The molecule has 16 heavy (non-hydrogen) atoms. The van der Waals surface area contributed by atoms with E-state index >= 15 is 0 Å². The van der Waals surface area contributed by atoms with Gasteiger partial charge in [0.25, 0.3) is 0 Å². The van der Waals surface area contributed by atoms with E-state index in [-0.39, 0.29) is 7.92 Å². The van der Waals surface area contributed by atoms with Gasteiger partial charge in [0, 0.05) is 5.66 Å². The lowest BCUT2D eigenvalue weighted by Gasteiger charge is -2.40. The van der Waals surface area contributed by atoms with Crippen LogP contribution in [0.2, 0.25) is 0 Å². The number of hydrogen-bond donors (Lipinski definition) is 0. The fourth-order valence-corrected chi connectivity index (χ4v) is 5.28. The maximum absolute atomic E-state index is 5.68. The van der Waals surface area contributed by atoms with Crippen LogP contribution in [-0.4, -0.2) is 25.0 Å². The summed E-state index contributed by atoms with van der Waals surface area (Å²) in [6.07, 6.45) is 1.22. The van der Waals surface area contributed by atoms with Gasteiger partial charge in [0.1, 0.15) is 0 Å². The van der Waals surface area contributed by atoms with E-state index in [4.69, 9.17) is 4.74 Å². The zero-order valence-corrected chi connectivity index (χ0v) is 11.3.